The zero-order valence-corrected chi connectivity index (χ0v) is 11.3. The normalized spacial score (nSPS) is 10.9. The third-order valence-electron chi connectivity index (χ3n) is 2.83. The number of hydrogen-bond acceptors (Lipinski definition) is 4. The minimum atomic E-state index is -0.364. The molecule has 0 radical (unpaired) electrons. The first kappa shape index (κ1) is 13.0. The first-order valence-corrected chi connectivity index (χ1v) is 6.86. The predicted molar refractivity (Wildman–Crippen MR) is 76.0 cm³/mol. The number of para-hydroxylation sites is 1. The maximum absolute atomic E-state index is 13.5. The van der Waals surface area contributed by atoms with Gasteiger partial charge in [-0.05, 0) is 29.8 Å². The Balaban J connectivity index is 2.03. The SMILES string of the molecule is OCc1cc(F)cc(Sc2ncnc3ccccc23)c1. The van der Waals surface area contributed by atoms with Crippen LogP contribution in [-0.2, 0) is 6.61 Å². The minimum Gasteiger partial charge on any atom is -0.392 e. The van der Waals surface area contributed by atoms with Gasteiger partial charge in [0.2, 0.25) is 0 Å². The maximum Gasteiger partial charge on any atom is 0.124 e. The second-order valence-corrected chi connectivity index (χ2v) is 5.31. The topological polar surface area (TPSA) is 46.0 Å². The molecule has 0 saturated heterocycles. The van der Waals surface area contributed by atoms with Gasteiger partial charge in [-0.25, -0.2) is 14.4 Å². The summed E-state index contributed by atoms with van der Waals surface area (Å²) < 4.78 is 13.5. The van der Waals surface area contributed by atoms with Crippen molar-refractivity contribution < 1.29 is 9.50 Å². The highest BCUT2D eigenvalue weighted by atomic mass is 32.2. The fourth-order valence-corrected chi connectivity index (χ4v) is 2.93. The third kappa shape index (κ3) is 2.64. The van der Waals surface area contributed by atoms with E-state index in [-0.39, 0.29) is 12.4 Å². The zero-order valence-electron chi connectivity index (χ0n) is 10.5. The van der Waals surface area contributed by atoms with Crippen LogP contribution < -0.4 is 0 Å². The van der Waals surface area contributed by atoms with Gasteiger partial charge in [0.1, 0.15) is 17.2 Å². The Morgan fingerprint density at radius 3 is 2.80 bits per heavy atom. The molecule has 0 fully saturated rings. The molecule has 0 unspecified atom stereocenters. The average molecular weight is 286 g/mol. The third-order valence-corrected chi connectivity index (χ3v) is 3.82. The molecule has 0 aliphatic carbocycles. The smallest absolute Gasteiger partial charge is 0.124 e. The monoisotopic (exact) mass is 286 g/mol. The molecule has 1 aromatic heterocycles. The van der Waals surface area contributed by atoms with Crippen LogP contribution in [0.25, 0.3) is 10.9 Å². The molecular formula is C15H11FN2OS. The van der Waals surface area contributed by atoms with Gasteiger partial charge in [-0.15, -0.1) is 0 Å². The van der Waals surface area contributed by atoms with Crippen LogP contribution in [0.15, 0.2) is 58.7 Å². The van der Waals surface area contributed by atoms with Crippen LogP contribution in [-0.4, -0.2) is 15.1 Å². The van der Waals surface area contributed by atoms with Gasteiger partial charge >= 0.3 is 0 Å². The average Bonchev–Trinajstić information content (AvgIpc) is 2.47. The molecule has 0 aliphatic rings. The summed E-state index contributed by atoms with van der Waals surface area (Å²) in [5.41, 5.74) is 1.40. The molecule has 3 aromatic rings. The quantitative estimate of drug-likeness (QED) is 0.749. The van der Waals surface area contributed by atoms with Gasteiger partial charge in [-0.3, -0.25) is 0 Å². The van der Waals surface area contributed by atoms with E-state index < -0.39 is 0 Å². The van der Waals surface area contributed by atoms with Crippen molar-refractivity contribution in [3.8, 4) is 0 Å². The number of aromatic nitrogens is 2. The van der Waals surface area contributed by atoms with E-state index in [9.17, 15) is 4.39 Å². The number of fused-ring (bicyclic) bond motifs is 1. The molecule has 1 N–H and O–H groups in total. The summed E-state index contributed by atoms with van der Waals surface area (Å²) in [7, 11) is 0. The first-order chi connectivity index (χ1) is 9.76. The highest BCUT2D eigenvalue weighted by molar-refractivity contribution is 7.99. The molecule has 3 nitrogen and oxygen atoms in total. The zero-order chi connectivity index (χ0) is 13.9. The lowest BCUT2D eigenvalue weighted by Crippen LogP contribution is -1.89. The van der Waals surface area contributed by atoms with Crippen LogP contribution in [0.2, 0.25) is 0 Å². The summed E-state index contributed by atoms with van der Waals surface area (Å²) in [5.74, 6) is -0.364. The molecule has 0 amide bonds. The number of nitrogens with zero attached hydrogens (tertiary/aromatic N) is 2. The molecule has 100 valence electrons. The van der Waals surface area contributed by atoms with E-state index in [4.69, 9.17) is 5.11 Å². The van der Waals surface area contributed by atoms with Crippen molar-refractivity contribution in [2.24, 2.45) is 0 Å². The number of hydrogen-bond donors (Lipinski definition) is 1. The lowest BCUT2D eigenvalue weighted by Gasteiger charge is -2.06. The largest absolute Gasteiger partial charge is 0.392 e. The van der Waals surface area contributed by atoms with Crippen molar-refractivity contribution in [3.05, 3.63) is 60.2 Å². The van der Waals surface area contributed by atoms with Crippen LogP contribution in [0.3, 0.4) is 0 Å². The molecule has 0 spiro atoms. The molecule has 0 bridgehead atoms. The van der Waals surface area contributed by atoms with E-state index in [0.717, 1.165) is 15.9 Å². The summed E-state index contributed by atoms with van der Waals surface area (Å²) in [5, 5.41) is 10.8. The minimum absolute atomic E-state index is 0.185. The van der Waals surface area contributed by atoms with Crippen LogP contribution in [0.5, 0.6) is 0 Å². The molecule has 0 saturated carbocycles. The fraction of sp³-hybridized carbons (Fsp3) is 0.0667. The maximum atomic E-state index is 13.5. The molecule has 5 heteroatoms. The highest BCUT2D eigenvalue weighted by Crippen LogP contribution is 2.31. The molecule has 0 atom stereocenters. The van der Waals surface area contributed by atoms with Crippen LogP contribution in [0, 0.1) is 5.82 Å². The summed E-state index contributed by atoms with van der Waals surface area (Å²) >= 11 is 1.36. The highest BCUT2D eigenvalue weighted by Gasteiger charge is 2.07. The van der Waals surface area contributed by atoms with Crippen molar-refractivity contribution in [2.45, 2.75) is 16.5 Å². The Morgan fingerprint density at radius 2 is 1.95 bits per heavy atom. The Hall–Kier alpha value is -1.98. The second-order valence-electron chi connectivity index (χ2n) is 4.25. The van der Waals surface area contributed by atoms with Gasteiger partial charge in [0.25, 0.3) is 0 Å². The van der Waals surface area contributed by atoms with Gasteiger partial charge in [-0.2, -0.15) is 0 Å². The van der Waals surface area contributed by atoms with E-state index in [1.807, 2.05) is 24.3 Å². The predicted octanol–water partition coefficient (Wildman–Crippen LogP) is 3.41. The van der Waals surface area contributed by atoms with Crippen molar-refractivity contribution in [3.63, 3.8) is 0 Å². The van der Waals surface area contributed by atoms with Gasteiger partial charge in [0.05, 0.1) is 12.1 Å². The Labute approximate surface area is 119 Å². The van der Waals surface area contributed by atoms with Crippen molar-refractivity contribution in [1.29, 1.82) is 0 Å². The molecular weight excluding hydrogens is 275 g/mol. The second kappa shape index (κ2) is 5.56. The van der Waals surface area contributed by atoms with Crippen molar-refractivity contribution in [1.82, 2.24) is 9.97 Å². The fourth-order valence-electron chi connectivity index (χ4n) is 1.94. The Morgan fingerprint density at radius 1 is 1.10 bits per heavy atom. The number of aliphatic hydroxyl groups excluding tert-OH is 1. The number of rotatable bonds is 3. The van der Waals surface area contributed by atoms with Crippen LogP contribution in [0.4, 0.5) is 4.39 Å². The standard InChI is InChI=1S/C15H11FN2OS/c16-11-5-10(8-19)6-12(7-11)20-15-13-3-1-2-4-14(13)17-9-18-15/h1-7,9,19H,8H2. The lowest BCUT2D eigenvalue weighted by molar-refractivity contribution is 0.281. The van der Waals surface area contributed by atoms with Crippen LogP contribution in [0.1, 0.15) is 5.56 Å². The van der Waals surface area contributed by atoms with Gasteiger partial charge in [-0.1, -0.05) is 30.0 Å². The van der Waals surface area contributed by atoms with E-state index >= 15 is 0 Å². The van der Waals surface area contributed by atoms with Gasteiger partial charge < -0.3 is 5.11 Å². The van der Waals surface area contributed by atoms with E-state index in [0.29, 0.717) is 10.5 Å². The number of benzene rings is 2. The van der Waals surface area contributed by atoms with Crippen molar-refractivity contribution in [2.75, 3.05) is 0 Å². The van der Waals surface area contributed by atoms with E-state index in [1.54, 1.807) is 6.07 Å². The van der Waals surface area contributed by atoms with Crippen LogP contribution >= 0.6 is 11.8 Å². The van der Waals surface area contributed by atoms with E-state index in [1.165, 1.54) is 30.2 Å². The number of aliphatic hydroxyl groups is 1. The van der Waals surface area contributed by atoms with E-state index in [2.05, 4.69) is 9.97 Å². The Kier molecular flexibility index (Phi) is 3.62. The first-order valence-electron chi connectivity index (χ1n) is 6.04. The summed E-state index contributed by atoms with van der Waals surface area (Å²) in [4.78, 5) is 9.16. The summed E-state index contributed by atoms with van der Waals surface area (Å²) in [6.07, 6.45) is 1.50. The number of halogens is 1. The summed E-state index contributed by atoms with van der Waals surface area (Å²) in [6, 6.07) is 12.2. The van der Waals surface area contributed by atoms with Gasteiger partial charge in [0.15, 0.2) is 0 Å². The molecule has 0 aliphatic heterocycles. The molecule has 2 aromatic carbocycles. The Bertz CT molecular complexity index is 758. The molecule has 3 rings (SSSR count). The lowest BCUT2D eigenvalue weighted by atomic mass is 10.2. The van der Waals surface area contributed by atoms with Gasteiger partial charge in [0, 0.05) is 10.3 Å². The molecule has 20 heavy (non-hydrogen) atoms. The summed E-state index contributed by atoms with van der Waals surface area (Å²) in [6.45, 7) is -0.185. The van der Waals surface area contributed by atoms with Crippen molar-refractivity contribution >= 4 is 22.7 Å². The molecule has 1 heterocycles.